The van der Waals surface area contributed by atoms with Crippen molar-refractivity contribution < 1.29 is 14.4 Å². The molecule has 0 aliphatic rings. The van der Waals surface area contributed by atoms with Crippen LogP contribution in [0.15, 0.2) is 24.3 Å². The highest BCUT2D eigenvalue weighted by Crippen LogP contribution is 2.16. The molecule has 1 rings (SSSR count). The number of carbonyl (C=O) groups is 1. The van der Waals surface area contributed by atoms with E-state index in [0.29, 0.717) is 0 Å². The molecule has 0 aliphatic heterocycles. The Kier molecular flexibility index (Phi) is 5.32. The molecule has 0 saturated carbocycles. The van der Waals surface area contributed by atoms with E-state index in [1.807, 2.05) is 52.0 Å². The van der Waals surface area contributed by atoms with E-state index >= 15 is 0 Å². The smallest absolute Gasteiger partial charge is 0.407 e. The zero-order valence-corrected chi connectivity index (χ0v) is 11.9. The molecule has 3 N–H and O–H groups in total. The molecule has 1 aromatic carbocycles. The quantitative estimate of drug-likeness (QED) is 0.821. The molecule has 106 valence electrons. The van der Waals surface area contributed by atoms with E-state index in [1.54, 1.807) is 0 Å². The van der Waals surface area contributed by atoms with Gasteiger partial charge in [-0.1, -0.05) is 29.8 Å². The first-order chi connectivity index (χ1) is 8.81. The Morgan fingerprint density at radius 1 is 1.42 bits per heavy atom. The fourth-order valence-corrected chi connectivity index (χ4v) is 1.61. The number of nitrogens with two attached hydrogens (primary N) is 1. The van der Waals surface area contributed by atoms with Gasteiger partial charge in [0.25, 0.3) is 0 Å². The van der Waals surface area contributed by atoms with Gasteiger partial charge in [0.15, 0.2) is 0 Å². The maximum absolute atomic E-state index is 11.5. The van der Waals surface area contributed by atoms with Gasteiger partial charge in [-0.15, -0.1) is 0 Å². The zero-order valence-electron chi connectivity index (χ0n) is 11.9. The number of hydrogen-bond acceptors (Lipinski definition) is 4. The van der Waals surface area contributed by atoms with Gasteiger partial charge >= 0.3 is 6.09 Å². The van der Waals surface area contributed by atoms with Gasteiger partial charge < -0.3 is 10.1 Å². The first kappa shape index (κ1) is 15.5. The van der Waals surface area contributed by atoms with Gasteiger partial charge in [0.1, 0.15) is 11.7 Å². The fraction of sp³-hybridized carbons (Fsp3) is 0.500. The summed E-state index contributed by atoms with van der Waals surface area (Å²) in [7, 11) is 0. The van der Waals surface area contributed by atoms with Crippen LogP contribution in [0.5, 0.6) is 0 Å². The molecule has 5 nitrogen and oxygen atoms in total. The molecule has 0 aliphatic carbocycles. The maximum Gasteiger partial charge on any atom is 0.407 e. The van der Waals surface area contributed by atoms with Gasteiger partial charge in [-0.3, -0.25) is 4.84 Å². The molecule has 1 unspecified atom stereocenters. The van der Waals surface area contributed by atoms with Crippen molar-refractivity contribution in [2.45, 2.75) is 39.4 Å². The van der Waals surface area contributed by atoms with E-state index in [2.05, 4.69) is 5.32 Å². The van der Waals surface area contributed by atoms with E-state index in [9.17, 15) is 4.79 Å². The second-order valence-corrected chi connectivity index (χ2v) is 5.42. The summed E-state index contributed by atoms with van der Waals surface area (Å²) < 4.78 is 5.15. The monoisotopic (exact) mass is 266 g/mol. The standard InChI is InChI=1S/C14H22N2O3/c1-10-6-5-7-11(8-10)12(19-15)9-16-13(17)18-14(2,3)4/h5-8,12H,9,15H2,1-4H3,(H,16,17). The van der Waals surface area contributed by atoms with E-state index in [1.165, 1.54) is 0 Å². The van der Waals surface area contributed by atoms with Crippen molar-refractivity contribution in [3.8, 4) is 0 Å². The second kappa shape index (κ2) is 6.54. The van der Waals surface area contributed by atoms with Crippen LogP contribution in [0.3, 0.4) is 0 Å². The van der Waals surface area contributed by atoms with E-state index in [-0.39, 0.29) is 6.54 Å². The lowest BCUT2D eigenvalue weighted by atomic mass is 10.1. The summed E-state index contributed by atoms with van der Waals surface area (Å²) in [6, 6.07) is 7.78. The summed E-state index contributed by atoms with van der Waals surface area (Å²) in [4.78, 5) is 16.4. The van der Waals surface area contributed by atoms with Gasteiger partial charge in [-0.2, -0.15) is 0 Å². The number of aryl methyl sites for hydroxylation is 1. The third kappa shape index (κ3) is 5.72. The average Bonchev–Trinajstić information content (AvgIpc) is 2.27. The minimum Gasteiger partial charge on any atom is -0.444 e. The van der Waals surface area contributed by atoms with Gasteiger partial charge in [0.05, 0.1) is 6.54 Å². The SMILES string of the molecule is Cc1cccc(C(CNC(=O)OC(C)(C)C)ON)c1. The van der Waals surface area contributed by atoms with Crippen molar-refractivity contribution >= 4 is 6.09 Å². The summed E-state index contributed by atoms with van der Waals surface area (Å²) in [5, 5.41) is 2.64. The molecule has 5 heteroatoms. The van der Waals surface area contributed by atoms with Gasteiger partial charge in [-0.25, -0.2) is 10.7 Å². The molecule has 0 aromatic heterocycles. The molecule has 0 radical (unpaired) electrons. The number of rotatable bonds is 4. The Bertz CT molecular complexity index is 427. The molecule has 0 saturated heterocycles. The van der Waals surface area contributed by atoms with Crippen molar-refractivity contribution in [2.24, 2.45) is 5.90 Å². The van der Waals surface area contributed by atoms with Crippen LogP contribution in [-0.4, -0.2) is 18.2 Å². The predicted molar refractivity (Wildman–Crippen MR) is 73.4 cm³/mol. The molecule has 1 aromatic rings. The highest BCUT2D eigenvalue weighted by Gasteiger charge is 2.18. The van der Waals surface area contributed by atoms with Crippen LogP contribution < -0.4 is 11.2 Å². The number of alkyl carbamates (subject to hydrolysis) is 1. The lowest BCUT2D eigenvalue weighted by Crippen LogP contribution is -2.35. The van der Waals surface area contributed by atoms with Crippen molar-refractivity contribution in [3.63, 3.8) is 0 Å². The van der Waals surface area contributed by atoms with Crippen LogP contribution in [0.25, 0.3) is 0 Å². The van der Waals surface area contributed by atoms with Crippen LogP contribution in [0.1, 0.15) is 38.0 Å². The molecule has 0 fully saturated rings. The normalized spacial score (nSPS) is 12.9. The zero-order chi connectivity index (χ0) is 14.5. The third-order valence-corrected chi connectivity index (χ3v) is 2.41. The van der Waals surface area contributed by atoms with Crippen LogP contribution >= 0.6 is 0 Å². The Labute approximate surface area is 114 Å². The number of hydrogen-bond donors (Lipinski definition) is 2. The summed E-state index contributed by atoms with van der Waals surface area (Å²) in [5.74, 6) is 5.28. The largest absolute Gasteiger partial charge is 0.444 e. The first-order valence-electron chi connectivity index (χ1n) is 6.21. The third-order valence-electron chi connectivity index (χ3n) is 2.41. The second-order valence-electron chi connectivity index (χ2n) is 5.42. The van der Waals surface area contributed by atoms with Crippen molar-refractivity contribution in [1.82, 2.24) is 5.32 Å². The number of nitrogens with one attached hydrogen (secondary N) is 1. The Hall–Kier alpha value is -1.59. The number of ether oxygens (including phenoxy) is 1. The summed E-state index contributed by atoms with van der Waals surface area (Å²) in [6.45, 7) is 7.67. The predicted octanol–water partition coefficient (Wildman–Crippen LogP) is 2.45. The summed E-state index contributed by atoms with van der Waals surface area (Å²) >= 11 is 0. The average molecular weight is 266 g/mol. The lowest BCUT2D eigenvalue weighted by molar-refractivity contribution is 0.0340. The number of benzene rings is 1. The van der Waals surface area contributed by atoms with Gasteiger partial charge in [0, 0.05) is 0 Å². The topological polar surface area (TPSA) is 73.6 Å². The summed E-state index contributed by atoms with van der Waals surface area (Å²) in [6.07, 6.45) is -0.880. The van der Waals surface area contributed by atoms with Crippen LogP contribution in [0.4, 0.5) is 4.79 Å². The Morgan fingerprint density at radius 3 is 2.63 bits per heavy atom. The minimum atomic E-state index is -0.521. The lowest BCUT2D eigenvalue weighted by Gasteiger charge is -2.21. The molecular weight excluding hydrogens is 244 g/mol. The van der Waals surface area contributed by atoms with Crippen molar-refractivity contribution in [1.29, 1.82) is 0 Å². The van der Waals surface area contributed by atoms with Crippen molar-refractivity contribution in [3.05, 3.63) is 35.4 Å². The Morgan fingerprint density at radius 2 is 2.11 bits per heavy atom. The highest BCUT2D eigenvalue weighted by molar-refractivity contribution is 5.67. The van der Waals surface area contributed by atoms with Crippen LogP contribution in [0.2, 0.25) is 0 Å². The molecule has 0 heterocycles. The van der Waals surface area contributed by atoms with E-state index in [0.717, 1.165) is 11.1 Å². The molecule has 0 spiro atoms. The first-order valence-corrected chi connectivity index (χ1v) is 6.21. The minimum absolute atomic E-state index is 0.259. The van der Waals surface area contributed by atoms with E-state index < -0.39 is 17.8 Å². The van der Waals surface area contributed by atoms with Crippen LogP contribution in [-0.2, 0) is 9.57 Å². The maximum atomic E-state index is 11.5. The molecule has 19 heavy (non-hydrogen) atoms. The van der Waals surface area contributed by atoms with Gasteiger partial charge in [-0.05, 0) is 33.3 Å². The Balaban J connectivity index is 2.56. The molecular formula is C14H22N2O3. The van der Waals surface area contributed by atoms with Crippen LogP contribution in [0, 0.1) is 6.92 Å². The molecule has 1 amide bonds. The number of carbonyl (C=O) groups excluding carboxylic acids is 1. The fourth-order valence-electron chi connectivity index (χ4n) is 1.61. The summed E-state index contributed by atoms with van der Waals surface area (Å²) in [5.41, 5.74) is 1.50. The van der Waals surface area contributed by atoms with Crippen molar-refractivity contribution in [2.75, 3.05) is 6.54 Å². The highest BCUT2D eigenvalue weighted by atomic mass is 16.6. The molecule has 1 atom stereocenters. The van der Waals surface area contributed by atoms with E-state index in [4.69, 9.17) is 15.5 Å². The van der Waals surface area contributed by atoms with Gasteiger partial charge in [0.2, 0.25) is 0 Å². The molecule has 0 bridgehead atoms. The number of amides is 1.